The zero-order valence-corrected chi connectivity index (χ0v) is 13.2. The quantitative estimate of drug-likeness (QED) is 0.847. The Morgan fingerprint density at radius 2 is 1.90 bits per heavy atom. The molecule has 0 aromatic carbocycles. The molecule has 2 rings (SSSR count). The summed E-state index contributed by atoms with van der Waals surface area (Å²) in [6.07, 6.45) is 3.63. The zero-order valence-electron chi connectivity index (χ0n) is 13.2. The molecule has 0 aliphatic carbocycles. The normalized spacial score (nSPS) is 15.5. The number of hydrogen-bond donors (Lipinski definition) is 1. The van der Waals surface area contributed by atoms with Crippen LogP contribution in [0.3, 0.4) is 0 Å². The molecule has 1 fully saturated rings. The Bertz CT molecular complexity index is 447. The van der Waals surface area contributed by atoms with E-state index < -0.39 is 0 Å². The van der Waals surface area contributed by atoms with Gasteiger partial charge in [-0.05, 0) is 33.1 Å². The van der Waals surface area contributed by atoms with Gasteiger partial charge in [-0.15, -0.1) is 0 Å². The first kappa shape index (κ1) is 15.8. The molecule has 1 aromatic rings. The molecule has 1 aromatic heterocycles. The summed E-state index contributed by atoms with van der Waals surface area (Å²) in [6.45, 7) is 7.55. The van der Waals surface area contributed by atoms with E-state index in [1.807, 2.05) is 0 Å². The molecule has 0 bridgehead atoms. The highest BCUT2D eigenvalue weighted by molar-refractivity contribution is 5.44. The molecule has 0 saturated carbocycles. The van der Waals surface area contributed by atoms with Crippen LogP contribution >= 0.6 is 0 Å². The van der Waals surface area contributed by atoms with Crippen molar-refractivity contribution < 1.29 is 4.74 Å². The minimum absolute atomic E-state index is 0.274. The predicted molar refractivity (Wildman–Crippen MR) is 84.7 cm³/mol. The van der Waals surface area contributed by atoms with Gasteiger partial charge in [-0.3, -0.25) is 0 Å². The fourth-order valence-electron chi connectivity index (χ4n) is 2.51. The average molecular weight is 294 g/mol. The maximum absolute atomic E-state index is 5.89. The van der Waals surface area contributed by atoms with Crippen LogP contribution in [0.2, 0.25) is 0 Å². The van der Waals surface area contributed by atoms with E-state index in [1.165, 1.54) is 19.3 Å². The summed E-state index contributed by atoms with van der Waals surface area (Å²) < 4.78 is 5.17. The lowest BCUT2D eigenvalue weighted by Crippen LogP contribution is -2.37. The first-order valence-corrected chi connectivity index (χ1v) is 7.64. The van der Waals surface area contributed by atoms with Gasteiger partial charge in [0.1, 0.15) is 0 Å². The summed E-state index contributed by atoms with van der Waals surface area (Å²) in [6, 6.07) is 0.274. The average Bonchev–Trinajstić information content (AvgIpc) is 2.48. The smallest absolute Gasteiger partial charge is 0.232 e. The third-order valence-corrected chi connectivity index (χ3v) is 3.68. The molecule has 2 heterocycles. The van der Waals surface area contributed by atoms with Crippen LogP contribution in [0.25, 0.3) is 0 Å². The number of piperidine rings is 1. The summed E-state index contributed by atoms with van der Waals surface area (Å²) in [7, 11) is 1.69. The molecule has 0 radical (unpaired) electrons. The van der Waals surface area contributed by atoms with Crippen LogP contribution in [0.4, 0.5) is 17.8 Å². The van der Waals surface area contributed by atoms with Gasteiger partial charge in [0.2, 0.25) is 17.8 Å². The Kier molecular flexibility index (Phi) is 5.55. The van der Waals surface area contributed by atoms with Crippen molar-refractivity contribution in [1.29, 1.82) is 0 Å². The highest BCUT2D eigenvalue weighted by Gasteiger charge is 2.19. The minimum Gasteiger partial charge on any atom is -0.383 e. The molecule has 0 unspecified atom stereocenters. The number of nitrogens with zero attached hydrogens (tertiary/aromatic N) is 5. The van der Waals surface area contributed by atoms with Crippen LogP contribution < -0.4 is 15.5 Å². The van der Waals surface area contributed by atoms with Crippen LogP contribution in [-0.2, 0) is 4.74 Å². The zero-order chi connectivity index (χ0) is 15.2. The lowest BCUT2D eigenvalue weighted by atomic mass is 10.1. The van der Waals surface area contributed by atoms with Crippen molar-refractivity contribution in [2.45, 2.75) is 39.2 Å². The molecular weight excluding hydrogens is 268 g/mol. The van der Waals surface area contributed by atoms with Gasteiger partial charge < -0.3 is 20.3 Å². The van der Waals surface area contributed by atoms with Crippen LogP contribution in [0.15, 0.2) is 0 Å². The number of nitrogens with two attached hydrogens (primary N) is 1. The Morgan fingerprint density at radius 1 is 1.19 bits per heavy atom. The summed E-state index contributed by atoms with van der Waals surface area (Å²) in [4.78, 5) is 17.5. The summed E-state index contributed by atoms with van der Waals surface area (Å²) >= 11 is 0. The Hall–Kier alpha value is -1.63. The highest BCUT2D eigenvalue weighted by Crippen LogP contribution is 2.20. The number of aromatic nitrogens is 3. The van der Waals surface area contributed by atoms with Crippen molar-refractivity contribution in [3.05, 3.63) is 0 Å². The van der Waals surface area contributed by atoms with E-state index in [0.29, 0.717) is 18.5 Å². The van der Waals surface area contributed by atoms with Gasteiger partial charge in [-0.2, -0.15) is 15.0 Å². The van der Waals surface area contributed by atoms with Crippen LogP contribution in [0.5, 0.6) is 0 Å². The van der Waals surface area contributed by atoms with Crippen LogP contribution in [0, 0.1) is 0 Å². The van der Waals surface area contributed by atoms with Crippen LogP contribution in [0.1, 0.15) is 33.1 Å². The van der Waals surface area contributed by atoms with E-state index >= 15 is 0 Å². The lowest BCUT2D eigenvalue weighted by Gasteiger charge is -2.30. The fourth-order valence-corrected chi connectivity index (χ4v) is 2.51. The van der Waals surface area contributed by atoms with Gasteiger partial charge in [0.25, 0.3) is 0 Å². The van der Waals surface area contributed by atoms with Crippen molar-refractivity contribution in [3.63, 3.8) is 0 Å². The third-order valence-electron chi connectivity index (χ3n) is 3.68. The number of methoxy groups -OCH3 is 1. The first-order valence-electron chi connectivity index (χ1n) is 7.64. The molecule has 2 N–H and O–H groups in total. The number of rotatable bonds is 6. The summed E-state index contributed by atoms with van der Waals surface area (Å²) in [5, 5.41) is 0. The van der Waals surface area contributed by atoms with Crippen molar-refractivity contribution in [2.24, 2.45) is 0 Å². The molecule has 1 aliphatic heterocycles. The lowest BCUT2D eigenvalue weighted by molar-refractivity contribution is 0.203. The second kappa shape index (κ2) is 7.40. The van der Waals surface area contributed by atoms with Crippen molar-refractivity contribution >= 4 is 17.8 Å². The monoisotopic (exact) mass is 294 g/mol. The van der Waals surface area contributed by atoms with E-state index in [2.05, 4.69) is 38.6 Å². The van der Waals surface area contributed by atoms with E-state index in [1.54, 1.807) is 7.11 Å². The van der Waals surface area contributed by atoms with E-state index in [4.69, 9.17) is 10.5 Å². The molecule has 1 saturated heterocycles. The minimum atomic E-state index is 0.274. The number of nitrogen functional groups attached to an aromatic ring is 1. The number of anilines is 3. The van der Waals surface area contributed by atoms with E-state index in [-0.39, 0.29) is 12.0 Å². The third kappa shape index (κ3) is 4.17. The SMILES string of the molecule is COCCN(c1nc(N)nc(N2CCCCC2)n1)C(C)C. The molecule has 1 aliphatic rings. The molecule has 0 atom stereocenters. The Balaban J connectivity index is 2.23. The van der Waals surface area contributed by atoms with Gasteiger partial charge in [0.15, 0.2) is 0 Å². The molecule has 7 heteroatoms. The number of hydrogen-bond acceptors (Lipinski definition) is 7. The van der Waals surface area contributed by atoms with Gasteiger partial charge in [-0.1, -0.05) is 0 Å². The largest absolute Gasteiger partial charge is 0.383 e. The maximum atomic E-state index is 5.89. The predicted octanol–water partition coefficient (Wildman–Crippen LogP) is 1.31. The molecule has 0 spiro atoms. The molecule has 0 amide bonds. The fraction of sp³-hybridized carbons (Fsp3) is 0.786. The molecule has 21 heavy (non-hydrogen) atoms. The summed E-state index contributed by atoms with van der Waals surface area (Å²) in [5.41, 5.74) is 5.89. The topological polar surface area (TPSA) is 80.4 Å². The van der Waals surface area contributed by atoms with Gasteiger partial charge >= 0.3 is 0 Å². The van der Waals surface area contributed by atoms with Crippen molar-refractivity contribution in [3.8, 4) is 0 Å². The van der Waals surface area contributed by atoms with Gasteiger partial charge in [0, 0.05) is 32.8 Å². The number of ether oxygens (including phenoxy) is 1. The summed E-state index contributed by atoms with van der Waals surface area (Å²) in [5.74, 6) is 1.61. The Morgan fingerprint density at radius 3 is 2.52 bits per heavy atom. The molecule has 7 nitrogen and oxygen atoms in total. The van der Waals surface area contributed by atoms with Gasteiger partial charge in [-0.25, -0.2) is 0 Å². The van der Waals surface area contributed by atoms with Crippen LogP contribution in [-0.4, -0.2) is 54.3 Å². The second-order valence-electron chi connectivity index (χ2n) is 5.62. The maximum Gasteiger partial charge on any atom is 0.232 e. The standard InChI is InChI=1S/C14H26N6O/c1-11(2)20(9-10-21-3)14-17-12(15)16-13(18-14)19-7-5-4-6-8-19/h11H,4-10H2,1-3H3,(H2,15,16,17,18). The second-order valence-corrected chi connectivity index (χ2v) is 5.62. The molecule has 118 valence electrons. The Labute approximate surface area is 126 Å². The van der Waals surface area contributed by atoms with E-state index in [0.717, 1.165) is 19.6 Å². The van der Waals surface area contributed by atoms with E-state index in [9.17, 15) is 0 Å². The highest BCUT2D eigenvalue weighted by atomic mass is 16.5. The van der Waals surface area contributed by atoms with Gasteiger partial charge in [0.05, 0.1) is 6.61 Å². The van der Waals surface area contributed by atoms with Crippen molar-refractivity contribution in [2.75, 3.05) is 48.9 Å². The first-order chi connectivity index (χ1) is 10.1. The van der Waals surface area contributed by atoms with Crippen molar-refractivity contribution in [1.82, 2.24) is 15.0 Å². The molecular formula is C14H26N6O.